The van der Waals surface area contributed by atoms with Gasteiger partial charge in [-0.1, -0.05) is 32.1 Å². The Kier molecular flexibility index (Phi) is 7.87. The van der Waals surface area contributed by atoms with Crippen molar-refractivity contribution in [1.29, 1.82) is 0 Å². The van der Waals surface area contributed by atoms with Gasteiger partial charge in [0.2, 0.25) is 0 Å². The normalized spacial score (nSPS) is 25.1. The second-order valence-electron chi connectivity index (χ2n) is 5.74. The van der Waals surface area contributed by atoms with Crippen molar-refractivity contribution in [1.82, 2.24) is 5.32 Å². The fourth-order valence-corrected chi connectivity index (χ4v) is 2.58. The van der Waals surface area contributed by atoms with E-state index in [1.165, 1.54) is 39.0 Å². The van der Waals surface area contributed by atoms with Gasteiger partial charge in [0.05, 0.1) is 12.2 Å². The number of nitrogens with one attached hydrogen (secondary N) is 1. The Bertz CT molecular complexity index is 229. The Morgan fingerprint density at radius 3 is 1.95 bits per heavy atom. The summed E-state index contributed by atoms with van der Waals surface area (Å²) in [4.78, 5) is 0. The molecule has 5 N–H and O–H groups in total. The lowest BCUT2D eigenvalue weighted by Crippen LogP contribution is -2.48. The summed E-state index contributed by atoms with van der Waals surface area (Å²) >= 11 is 0. The quantitative estimate of drug-likeness (QED) is 0.476. The summed E-state index contributed by atoms with van der Waals surface area (Å²) in [5.74, 6) is 0. The first-order chi connectivity index (χ1) is 9.02. The standard InChI is InChI=1S/C14H29NO4/c1-10(16)13(18)14(19)12(17)9-15-11-7-5-3-2-4-6-8-11/h10-19H,2-9H2,1H3/t10-,12-,13-,14-/m0/s1. The lowest BCUT2D eigenvalue weighted by Gasteiger charge is -2.27. The summed E-state index contributed by atoms with van der Waals surface area (Å²) in [6.45, 7) is 1.64. The van der Waals surface area contributed by atoms with Crippen molar-refractivity contribution < 1.29 is 20.4 Å². The van der Waals surface area contributed by atoms with Crippen LogP contribution in [0, 0.1) is 0 Å². The van der Waals surface area contributed by atoms with Crippen LogP contribution in [0.1, 0.15) is 51.9 Å². The van der Waals surface area contributed by atoms with Crippen molar-refractivity contribution in [2.45, 2.75) is 82.3 Å². The Morgan fingerprint density at radius 2 is 1.42 bits per heavy atom. The first kappa shape index (κ1) is 16.9. The van der Waals surface area contributed by atoms with Gasteiger partial charge in [0.15, 0.2) is 0 Å². The van der Waals surface area contributed by atoms with Crippen molar-refractivity contribution in [3.63, 3.8) is 0 Å². The van der Waals surface area contributed by atoms with Crippen LogP contribution >= 0.6 is 0 Å². The molecule has 1 aliphatic carbocycles. The molecule has 0 bridgehead atoms. The van der Waals surface area contributed by atoms with E-state index in [-0.39, 0.29) is 6.54 Å². The van der Waals surface area contributed by atoms with Crippen LogP contribution in [-0.4, -0.2) is 57.4 Å². The maximum Gasteiger partial charge on any atom is 0.109 e. The van der Waals surface area contributed by atoms with Crippen molar-refractivity contribution in [3.8, 4) is 0 Å². The molecular formula is C14H29NO4. The molecule has 0 saturated heterocycles. The van der Waals surface area contributed by atoms with E-state index in [0.29, 0.717) is 6.04 Å². The number of hydrogen-bond donors (Lipinski definition) is 5. The van der Waals surface area contributed by atoms with Gasteiger partial charge in [-0.25, -0.2) is 0 Å². The average molecular weight is 275 g/mol. The largest absolute Gasteiger partial charge is 0.391 e. The molecule has 0 aliphatic heterocycles. The third-order valence-corrected chi connectivity index (χ3v) is 3.96. The molecule has 5 heteroatoms. The molecular weight excluding hydrogens is 246 g/mol. The predicted molar refractivity (Wildman–Crippen MR) is 73.8 cm³/mol. The average Bonchev–Trinajstić information content (AvgIpc) is 2.35. The molecule has 0 radical (unpaired) electrons. The summed E-state index contributed by atoms with van der Waals surface area (Å²) in [6.07, 6.45) is 3.71. The molecule has 0 unspecified atom stereocenters. The fourth-order valence-electron chi connectivity index (χ4n) is 2.58. The van der Waals surface area contributed by atoms with Crippen LogP contribution in [0.25, 0.3) is 0 Å². The van der Waals surface area contributed by atoms with Crippen LogP contribution in [0.3, 0.4) is 0 Å². The van der Waals surface area contributed by atoms with E-state index in [1.807, 2.05) is 0 Å². The maximum absolute atomic E-state index is 9.81. The van der Waals surface area contributed by atoms with E-state index in [2.05, 4.69) is 5.32 Å². The number of rotatable bonds is 6. The minimum atomic E-state index is -1.32. The third kappa shape index (κ3) is 6.19. The predicted octanol–water partition coefficient (Wildman–Crippen LogP) is 0.152. The van der Waals surface area contributed by atoms with Crippen molar-refractivity contribution >= 4 is 0 Å². The second-order valence-corrected chi connectivity index (χ2v) is 5.74. The van der Waals surface area contributed by atoms with Crippen molar-refractivity contribution in [3.05, 3.63) is 0 Å². The molecule has 0 aromatic rings. The first-order valence-corrected chi connectivity index (χ1v) is 7.48. The molecule has 1 fully saturated rings. The molecule has 1 saturated carbocycles. The topological polar surface area (TPSA) is 93.0 Å². The Hall–Kier alpha value is -0.200. The van der Waals surface area contributed by atoms with Gasteiger partial charge in [-0.3, -0.25) is 0 Å². The molecule has 0 spiro atoms. The molecule has 4 atom stereocenters. The Balaban J connectivity index is 2.29. The van der Waals surface area contributed by atoms with Crippen LogP contribution < -0.4 is 5.32 Å². The highest BCUT2D eigenvalue weighted by atomic mass is 16.4. The Morgan fingerprint density at radius 1 is 0.895 bits per heavy atom. The lowest BCUT2D eigenvalue weighted by molar-refractivity contribution is -0.0991. The van der Waals surface area contributed by atoms with Gasteiger partial charge in [0.1, 0.15) is 12.2 Å². The van der Waals surface area contributed by atoms with E-state index in [1.54, 1.807) is 0 Å². The van der Waals surface area contributed by atoms with E-state index in [9.17, 15) is 20.4 Å². The fraction of sp³-hybridized carbons (Fsp3) is 1.00. The molecule has 114 valence electrons. The van der Waals surface area contributed by atoms with Crippen molar-refractivity contribution in [2.24, 2.45) is 0 Å². The van der Waals surface area contributed by atoms with Crippen LogP contribution in [0.5, 0.6) is 0 Å². The summed E-state index contributed by atoms with van der Waals surface area (Å²) in [5, 5.41) is 41.4. The Labute approximate surface area is 115 Å². The zero-order valence-electron chi connectivity index (χ0n) is 11.8. The second kappa shape index (κ2) is 8.87. The number of hydrogen-bond acceptors (Lipinski definition) is 5. The number of aliphatic hydroxyl groups is 4. The smallest absolute Gasteiger partial charge is 0.109 e. The third-order valence-electron chi connectivity index (χ3n) is 3.96. The molecule has 5 nitrogen and oxygen atoms in total. The van der Waals surface area contributed by atoms with Gasteiger partial charge in [0, 0.05) is 12.6 Å². The first-order valence-electron chi connectivity index (χ1n) is 7.48. The minimum Gasteiger partial charge on any atom is -0.391 e. The number of aliphatic hydroxyl groups excluding tert-OH is 4. The van der Waals surface area contributed by atoms with E-state index >= 15 is 0 Å². The highest BCUT2D eigenvalue weighted by Crippen LogP contribution is 2.17. The zero-order valence-corrected chi connectivity index (χ0v) is 11.8. The van der Waals surface area contributed by atoms with Crippen LogP contribution in [0.15, 0.2) is 0 Å². The molecule has 0 aromatic heterocycles. The van der Waals surface area contributed by atoms with Crippen molar-refractivity contribution in [2.75, 3.05) is 6.54 Å². The van der Waals surface area contributed by atoms with E-state index < -0.39 is 24.4 Å². The van der Waals surface area contributed by atoms with Crippen LogP contribution in [0.4, 0.5) is 0 Å². The molecule has 0 amide bonds. The van der Waals surface area contributed by atoms with Gasteiger partial charge in [-0.15, -0.1) is 0 Å². The lowest BCUT2D eigenvalue weighted by atomic mass is 9.96. The summed E-state index contributed by atoms with van der Waals surface area (Å²) in [7, 11) is 0. The molecule has 1 rings (SSSR count). The van der Waals surface area contributed by atoms with Gasteiger partial charge in [-0.05, 0) is 19.8 Å². The molecule has 19 heavy (non-hydrogen) atoms. The van der Waals surface area contributed by atoms with Crippen LogP contribution in [-0.2, 0) is 0 Å². The van der Waals surface area contributed by atoms with Gasteiger partial charge < -0.3 is 25.7 Å². The summed E-state index contributed by atoms with van der Waals surface area (Å²) in [5.41, 5.74) is 0. The molecule has 0 heterocycles. The zero-order chi connectivity index (χ0) is 14.3. The summed E-state index contributed by atoms with van der Waals surface area (Å²) in [6, 6.07) is 0.380. The minimum absolute atomic E-state index is 0.246. The summed E-state index contributed by atoms with van der Waals surface area (Å²) < 4.78 is 0. The molecule has 0 aromatic carbocycles. The van der Waals surface area contributed by atoms with Gasteiger partial charge in [-0.2, -0.15) is 0 Å². The van der Waals surface area contributed by atoms with Crippen LogP contribution in [0.2, 0.25) is 0 Å². The van der Waals surface area contributed by atoms with E-state index in [0.717, 1.165) is 12.8 Å². The van der Waals surface area contributed by atoms with Gasteiger partial charge >= 0.3 is 0 Å². The monoisotopic (exact) mass is 275 g/mol. The highest BCUT2D eigenvalue weighted by Gasteiger charge is 2.28. The maximum atomic E-state index is 9.81. The highest BCUT2D eigenvalue weighted by molar-refractivity contribution is 4.81. The van der Waals surface area contributed by atoms with E-state index in [4.69, 9.17) is 0 Å². The molecule has 1 aliphatic rings. The van der Waals surface area contributed by atoms with Gasteiger partial charge in [0.25, 0.3) is 0 Å². The SMILES string of the molecule is C[C@H](O)[C@H](O)[C@@H](O)[C@@H](O)CNC1CCCCCCC1.